The molecule has 0 saturated heterocycles. The molecule has 0 heterocycles. The van der Waals surface area contributed by atoms with Gasteiger partial charge < -0.3 is 4.57 Å². The number of hydrogen-bond acceptors (Lipinski definition) is 1. The van der Waals surface area contributed by atoms with Crippen molar-refractivity contribution < 1.29 is 4.57 Å². The molecule has 0 aromatic carbocycles. The third-order valence-corrected chi connectivity index (χ3v) is 5.62. The predicted octanol–water partition coefficient (Wildman–Crippen LogP) is 4.52. The second-order valence-corrected chi connectivity index (χ2v) is 6.67. The van der Waals surface area contributed by atoms with Gasteiger partial charge >= 0.3 is 0 Å². The van der Waals surface area contributed by atoms with E-state index in [-0.39, 0.29) is 0 Å². The molecule has 2 saturated carbocycles. The van der Waals surface area contributed by atoms with Crippen LogP contribution in [0.15, 0.2) is 0 Å². The Bertz CT molecular complexity index is 187. The Labute approximate surface area is 102 Å². The van der Waals surface area contributed by atoms with Gasteiger partial charge in [0.1, 0.15) is 0 Å². The monoisotopic (exact) mass is 242 g/mol. The van der Waals surface area contributed by atoms with E-state index in [9.17, 15) is 4.57 Å². The highest BCUT2D eigenvalue weighted by Gasteiger charge is 2.30. The number of hydrogen-bond donors (Lipinski definition) is 0. The molecule has 0 radical (unpaired) electrons. The highest BCUT2D eigenvalue weighted by Crippen LogP contribution is 2.41. The highest BCUT2D eigenvalue weighted by molar-refractivity contribution is 7.23. The van der Waals surface area contributed by atoms with Crippen LogP contribution in [0.2, 0.25) is 0 Å². The van der Waals surface area contributed by atoms with Crippen molar-refractivity contribution >= 4 is 8.46 Å². The fourth-order valence-electron chi connectivity index (χ4n) is 4.01. The van der Waals surface area contributed by atoms with Crippen LogP contribution in [0.1, 0.15) is 64.2 Å². The maximum absolute atomic E-state index is 11.1. The maximum atomic E-state index is 11.1. The highest BCUT2D eigenvalue weighted by atomic mass is 31.1. The Morgan fingerprint density at radius 3 is 1.62 bits per heavy atom. The Morgan fingerprint density at radius 1 is 0.812 bits per heavy atom. The van der Waals surface area contributed by atoms with Gasteiger partial charge in [0.15, 0.2) is 0 Å². The molecule has 0 N–H and O–H groups in total. The van der Waals surface area contributed by atoms with Crippen LogP contribution in [0, 0.1) is 17.8 Å². The third-order valence-electron chi connectivity index (χ3n) is 4.88. The molecular formula is C14H27OP. The van der Waals surface area contributed by atoms with Crippen molar-refractivity contribution in [2.45, 2.75) is 64.2 Å². The van der Waals surface area contributed by atoms with Crippen molar-refractivity contribution in [2.75, 3.05) is 6.16 Å². The van der Waals surface area contributed by atoms with Crippen LogP contribution < -0.4 is 0 Å². The van der Waals surface area contributed by atoms with E-state index in [1.165, 1.54) is 64.2 Å². The van der Waals surface area contributed by atoms with Crippen molar-refractivity contribution in [3.8, 4) is 0 Å². The molecule has 2 rings (SSSR count). The largest absolute Gasteiger partial charge is 0.330 e. The van der Waals surface area contributed by atoms with Crippen LogP contribution in [0.5, 0.6) is 0 Å². The van der Waals surface area contributed by atoms with Gasteiger partial charge in [0, 0.05) is 0 Å². The van der Waals surface area contributed by atoms with Gasteiger partial charge in [0.2, 0.25) is 0 Å². The van der Waals surface area contributed by atoms with Gasteiger partial charge in [0.05, 0.1) is 8.46 Å². The summed E-state index contributed by atoms with van der Waals surface area (Å²) in [6.45, 7) is 0. The van der Waals surface area contributed by atoms with Crippen molar-refractivity contribution in [1.82, 2.24) is 0 Å². The van der Waals surface area contributed by atoms with E-state index in [0.717, 1.165) is 23.9 Å². The van der Waals surface area contributed by atoms with Gasteiger partial charge in [-0.05, 0) is 23.9 Å². The smallest absolute Gasteiger partial charge is 0.0648 e. The first kappa shape index (κ1) is 12.7. The van der Waals surface area contributed by atoms with Gasteiger partial charge in [0.25, 0.3) is 0 Å². The van der Waals surface area contributed by atoms with Crippen LogP contribution in [0.25, 0.3) is 0 Å². The molecule has 16 heavy (non-hydrogen) atoms. The van der Waals surface area contributed by atoms with Crippen molar-refractivity contribution in [1.29, 1.82) is 0 Å². The summed E-state index contributed by atoms with van der Waals surface area (Å²) >= 11 is 0. The lowest BCUT2D eigenvalue weighted by molar-refractivity contribution is 0.162. The molecule has 94 valence electrons. The minimum Gasteiger partial charge on any atom is -0.330 e. The van der Waals surface area contributed by atoms with Crippen molar-refractivity contribution in [2.24, 2.45) is 17.8 Å². The summed E-state index contributed by atoms with van der Waals surface area (Å²) in [5.41, 5.74) is 0. The van der Waals surface area contributed by atoms with Gasteiger partial charge in [-0.25, -0.2) is 0 Å². The van der Waals surface area contributed by atoms with E-state index >= 15 is 0 Å². The summed E-state index contributed by atoms with van der Waals surface area (Å²) in [5, 5.41) is 0. The standard InChI is InChI=1S/C14H27OP/c15-16-11-14(12-7-3-1-4-8-12)13-9-5-2-6-10-13/h12-14H,1-11,16H2. The molecule has 0 bridgehead atoms. The zero-order valence-corrected chi connectivity index (χ0v) is 11.7. The Morgan fingerprint density at radius 2 is 1.25 bits per heavy atom. The summed E-state index contributed by atoms with van der Waals surface area (Å²) in [6.07, 6.45) is 15.4. The molecule has 0 amide bonds. The molecule has 1 unspecified atom stereocenters. The molecule has 1 nitrogen and oxygen atoms in total. The van der Waals surface area contributed by atoms with Crippen LogP contribution in [0.3, 0.4) is 0 Å². The van der Waals surface area contributed by atoms with Crippen molar-refractivity contribution in [3.05, 3.63) is 0 Å². The van der Waals surface area contributed by atoms with Gasteiger partial charge in [-0.15, -0.1) is 0 Å². The van der Waals surface area contributed by atoms with E-state index in [1.807, 2.05) is 0 Å². The first-order chi connectivity index (χ1) is 7.92. The normalized spacial score (nSPS) is 25.8. The number of rotatable bonds is 4. The van der Waals surface area contributed by atoms with Crippen LogP contribution in [-0.2, 0) is 4.57 Å². The first-order valence-corrected chi connectivity index (χ1v) is 8.64. The summed E-state index contributed by atoms with van der Waals surface area (Å²) in [6, 6.07) is 0. The molecule has 0 aliphatic heterocycles. The van der Waals surface area contributed by atoms with Gasteiger partial charge in [-0.1, -0.05) is 64.2 Å². The Hall–Kier alpha value is 0.230. The third kappa shape index (κ3) is 3.36. The molecule has 0 spiro atoms. The topological polar surface area (TPSA) is 17.1 Å². The predicted molar refractivity (Wildman–Crippen MR) is 71.9 cm³/mol. The lowest BCUT2D eigenvalue weighted by atomic mass is 9.70. The van der Waals surface area contributed by atoms with E-state index in [1.54, 1.807) is 0 Å². The summed E-state index contributed by atoms with van der Waals surface area (Å²) in [5.74, 6) is 2.68. The minimum atomic E-state index is -0.518. The molecule has 0 aromatic heterocycles. The van der Waals surface area contributed by atoms with E-state index in [0.29, 0.717) is 0 Å². The minimum absolute atomic E-state index is 0.518. The fourth-order valence-corrected chi connectivity index (χ4v) is 5.00. The lowest BCUT2D eigenvalue weighted by Gasteiger charge is -2.37. The maximum Gasteiger partial charge on any atom is 0.0648 e. The summed E-state index contributed by atoms with van der Waals surface area (Å²) in [4.78, 5) is 0. The van der Waals surface area contributed by atoms with Crippen LogP contribution >= 0.6 is 8.46 Å². The quantitative estimate of drug-likeness (QED) is 0.662. The zero-order valence-electron chi connectivity index (χ0n) is 10.5. The van der Waals surface area contributed by atoms with Crippen LogP contribution in [0.4, 0.5) is 0 Å². The van der Waals surface area contributed by atoms with Gasteiger partial charge in [-0.2, -0.15) is 0 Å². The Kier molecular flexibility index (Phi) is 5.42. The van der Waals surface area contributed by atoms with E-state index in [4.69, 9.17) is 0 Å². The van der Waals surface area contributed by atoms with Gasteiger partial charge in [-0.3, -0.25) is 0 Å². The second kappa shape index (κ2) is 6.84. The average molecular weight is 242 g/mol. The second-order valence-electron chi connectivity index (χ2n) is 5.86. The molecule has 2 aliphatic carbocycles. The zero-order chi connectivity index (χ0) is 11.2. The lowest BCUT2D eigenvalue weighted by Crippen LogP contribution is -2.28. The van der Waals surface area contributed by atoms with Crippen LogP contribution in [-0.4, -0.2) is 6.16 Å². The molecule has 2 heteroatoms. The fraction of sp³-hybridized carbons (Fsp3) is 1.00. The molecule has 1 atom stereocenters. The van der Waals surface area contributed by atoms with Crippen molar-refractivity contribution in [3.63, 3.8) is 0 Å². The molecule has 0 aromatic rings. The van der Waals surface area contributed by atoms with E-state index < -0.39 is 8.46 Å². The average Bonchev–Trinajstić information content (AvgIpc) is 2.38. The molecule has 2 fully saturated rings. The Balaban J connectivity index is 1.93. The first-order valence-electron chi connectivity index (χ1n) is 7.35. The summed E-state index contributed by atoms with van der Waals surface area (Å²) < 4.78 is 11.1. The molecular weight excluding hydrogens is 215 g/mol. The SMILES string of the molecule is O=[PH2]CC(C1CCCCC1)C1CCCCC1. The molecule has 2 aliphatic rings. The van der Waals surface area contributed by atoms with E-state index in [2.05, 4.69) is 0 Å². The summed E-state index contributed by atoms with van der Waals surface area (Å²) in [7, 11) is -0.518.